The number of nitrogens with one attached hydrogen (secondary N) is 1. The maximum atomic E-state index is 5.34. The summed E-state index contributed by atoms with van der Waals surface area (Å²) in [5, 5.41) is 11.7. The van der Waals surface area contributed by atoms with Gasteiger partial charge in [0.2, 0.25) is 4.77 Å². The van der Waals surface area contributed by atoms with Crippen molar-refractivity contribution in [2.75, 3.05) is 6.26 Å². The summed E-state index contributed by atoms with van der Waals surface area (Å²) in [5.41, 5.74) is 3.38. The smallest absolute Gasteiger partial charge is 0.216 e. The third-order valence-electron chi connectivity index (χ3n) is 4.10. The van der Waals surface area contributed by atoms with Crippen molar-refractivity contribution in [3.8, 4) is 11.4 Å². The predicted molar refractivity (Wildman–Crippen MR) is 113 cm³/mol. The highest BCUT2D eigenvalue weighted by Crippen LogP contribution is 2.25. The molecule has 3 aromatic rings. The van der Waals surface area contributed by atoms with E-state index in [0.717, 1.165) is 11.1 Å². The van der Waals surface area contributed by atoms with Gasteiger partial charge < -0.3 is 0 Å². The highest BCUT2D eigenvalue weighted by Gasteiger charge is 2.14. The van der Waals surface area contributed by atoms with Gasteiger partial charge in [-0.05, 0) is 47.1 Å². The molecule has 0 aliphatic rings. The van der Waals surface area contributed by atoms with Crippen LogP contribution in [0.25, 0.3) is 11.4 Å². The van der Waals surface area contributed by atoms with Crippen LogP contribution in [-0.4, -0.2) is 27.3 Å². The summed E-state index contributed by atoms with van der Waals surface area (Å²) in [6.45, 7) is 6.60. The van der Waals surface area contributed by atoms with Gasteiger partial charge in [0, 0.05) is 10.5 Å². The van der Waals surface area contributed by atoms with E-state index in [1.54, 1.807) is 22.7 Å². The molecule has 3 rings (SSSR count). The van der Waals surface area contributed by atoms with Gasteiger partial charge in [0.25, 0.3) is 0 Å². The summed E-state index contributed by atoms with van der Waals surface area (Å²) in [6, 6.07) is 16.6. The minimum atomic E-state index is 0.115. The monoisotopic (exact) mass is 382 g/mol. The third-order valence-corrected chi connectivity index (χ3v) is 5.11. The van der Waals surface area contributed by atoms with Crippen LogP contribution in [0.3, 0.4) is 0 Å². The van der Waals surface area contributed by atoms with Gasteiger partial charge in [-0.2, -0.15) is 14.9 Å². The van der Waals surface area contributed by atoms with Gasteiger partial charge in [0.05, 0.1) is 6.21 Å². The molecule has 134 valence electrons. The fraction of sp³-hybridized carbons (Fsp3) is 0.250. The molecule has 0 fully saturated rings. The molecule has 26 heavy (non-hydrogen) atoms. The molecule has 1 N–H and O–H groups in total. The normalized spacial score (nSPS) is 12.0. The first kappa shape index (κ1) is 18.6. The lowest BCUT2D eigenvalue weighted by molar-refractivity contribution is 0.590. The van der Waals surface area contributed by atoms with Crippen molar-refractivity contribution in [1.82, 2.24) is 14.9 Å². The van der Waals surface area contributed by atoms with Crippen LogP contribution >= 0.6 is 24.0 Å². The zero-order valence-corrected chi connectivity index (χ0v) is 17.0. The highest BCUT2D eigenvalue weighted by molar-refractivity contribution is 7.98. The molecule has 4 nitrogen and oxygen atoms in total. The van der Waals surface area contributed by atoms with E-state index < -0.39 is 0 Å². The predicted octanol–water partition coefficient (Wildman–Crippen LogP) is 5.51. The van der Waals surface area contributed by atoms with Crippen LogP contribution in [0.2, 0.25) is 0 Å². The van der Waals surface area contributed by atoms with Crippen molar-refractivity contribution < 1.29 is 0 Å². The maximum absolute atomic E-state index is 5.34. The lowest BCUT2D eigenvalue weighted by Crippen LogP contribution is -2.10. The van der Waals surface area contributed by atoms with Crippen molar-refractivity contribution in [3.63, 3.8) is 0 Å². The minimum Gasteiger partial charge on any atom is -0.250 e. The van der Waals surface area contributed by atoms with E-state index in [1.165, 1.54) is 10.5 Å². The van der Waals surface area contributed by atoms with Crippen LogP contribution in [-0.2, 0) is 5.41 Å². The van der Waals surface area contributed by atoms with Crippen molar-refractivity contribution in [3.05, 3.63) is 64.4 Å². The van der Waals surface area contributed by atoms with Gasteiger partial charge >= 0.3 is 0 Å². The fourth-order valence-electron chi connectivity index (χ4n) is 2.52. The summed E-state index contributed by atoms with van der Waals surface area (Å²) >= 11 is 7.06. The second-order valence-electron chi connectivity index (χ2n) is 7.01. The van der Waals surface area contributed by atoms with Crippen LogP contribution in [0.15, 0.2) is 58.5 Å². The average Bonchev–Trinajstić information content (AvgIpc) is 3.00. The lowest BCUT2D eigenvalue weighted by Gasteiger charge is -2.18. The molecular formula is C20H22N4S2. The van der Waals surface area contributed by atoms with E-state index in [4.69, 9.17) is 12.2 Å². The molecule has 0 unspecified atom stereocenters. The Labute approximate surface area is 163 Å². The Hall–Kier alpha value is -2.18. The molecule has 0 aliphatic heterocycles. The molecule has 6 heteroatoms. The Morgan fingerprint density at radius 2 is 1.73 bits per heavy atom. The molecule has 0 radical (unpaired) electrons. The Balaban J connectivity index is 1.91. The average molecular weight is 383 g/mol. The summed E-state index contributed by atoms with van der Waals surface area (Å²) in [6.07, 6.45) is 3.85. The van der Waals surface area contributed by atoms with Crippen LogP contribution in [0.5, 0.6) is 0 Å². The van der Waals surface area contributed by atoms with Gasteiger partial charge in [-0.1, -0.05) is 57.2 Å². The largest absolute Gasteiger partial charge is 0.250 e. The molecule has 0 atom stereocenters. The number of thioether (sulfide) groups is 1. The van der Waals surface area contributed by atoms with E-state index in [0.29, 0.717) is 10.6 Å². The molecule has 0 bridgehead atoms. The molecule has 0 saturated heterocycles. The van der Waals surface area contributed by atoms with Crippen molar-refractivity contribution in [1.29, 1.82) is 0 Å². The number of aromatic amines is 1. The van der Waals surface area contributed by atoms with Crippen LogP contribution in [0, 0.1) is 4.77 Å². The Morgan fingerprint density at radius 1 is 1.08 bits per heavy atom. The zero-order valence-electron chi connectivity index (χ0n) is 15.4. The quantitative estimate of drug-likeness (QED) is 0.368. The molecule has 0 amide bonds. The highest BCUT2D eigenvalue weighted by atomic mass is 32.2. The van der Waals surface area contributed by atoms with E-state index in [2.05, 4.69) is 78.7 Å². The Morgan fingerprint density at radius 3 is 2.31 bits per heavy atom. The molecule has 0 spiro atoms. The number of hydrogen-bond donors (Lipinski definition) is 1. The van der Waals surface area contributed by atoms with E-state index >= 15 is 0 Å². The summed E-state index contributed by atoms with van der Waals surface area (Å²) < 4.78 is 2.13. The molecule has 1 heterocycles. The first-order chi connectivity index (χ1) is 12.4. The van der Waals surface area contributed by atoms with E-state index in [1.807, 2.05) is 12.1 Å². The zero-order chi connectivity index (χ0) is 18.7. The minimum absolute atomic E-state index is 0.115. The Bertz CT molecular complexity index is 959. The molecule has 0 aliphatic carbocycles. The standard InChI is InChI=1S/C20H22N4S2/c1-20(2,3)16-9-7-15(8-10-16)18-22-23-19(25)24(18)21-13-14-5-11-17(26-4)12-6-14/h5-13H,1-4H3,(H,23,25)/b21-13-. The van der Waals surface area contributed by atoms with Gasteiger partial charge in [0.15, 0.2) is 5.82 Å². The third kappa shape index (κ3) is 4.14. The fourth-order valence-corrected chi connectivity index (χ4v) is 3.11. The van der Waals surface area contributed by atoms with Crippen LogP contribution in [0.4, 0.5) is 0 Å². The number of nitrogens with zero attached hydrogens (tertiary/aromatic N) is 3. The number of hydrogen-bond acceptors (Lipinski definition) is 4. The second kappa shape index (κ2) is 7.60. The topological polar surface area (TPSA) is 46.0 Å². The van der Waals surface area contributed by atoms with Crippen molar-refractivity contribution in [2.45, 2.75) is 31.1 Å². The van der Waals surface area contributed by atoms with Crippen LogP contribution in [0.1, 0.15) is 31.9 Å². The van der Waals surface area contributed by atoms with Crippen LogP contribution < -0.4 is 0 Å². The number of H-pyrrole nitrogens is 1. The van der Waals surface area contributed by atoms with Crippen molar-refractivity contribution >= 4 is 30.2 Å². The van der Waals surface area contributed by atoms with Gasteiger partial charge in [0.1, 0.15) is 0 Å². The summed E-state index contributed by atoms with van der Waals surface area (Å²) in [5.74, 6) is 0.701. The van der Waals surface area contributed by atoms with Gasteiger partial charge in [-0.25, -0.2) is 5.10 Å². The van der Waals surface area contributed by atoms with E-state index in [-0.39, 0.29) is 5.41 Å². The number of benzene rings is 2. The molecule has 0 saturated carbocycles. The SMILES string of the molecule is CSc1ccc(/C=N\n2c(-c3ccc(C(C)(C)C)cc3)n[nH]c2=S)cc1. The first-order valence-corrected chi connectivity index (χ1v) is 9.98. The maximum Gasteiger partial charge on any atom is 0.216 e. The number of aromatic nitrogens is 3. The van der Waals surface area contributed by atoms with Gasteiger partial charge in [-0.3, -0.25) is 0 Å². The lowest BCUT2D eigenvalue weighted by atomic mass is 9.87. The van der Waals surface area contributed by atoms with Crippen molar-refractivity contribution in [2.24, 2.45) is 5.10 Å². The van der Waals surface area contributed by atoms with E-state index in [9.17, 15) is 0 Å². The molecular weight excluding hydrogens is 360 g/mol. The summed E-state index contributed by atoms with van der Waals surface area (Å²) in [7, 11) is 0. The number of rotatable bonds is 4. The molecule has 1 aromatic heterocycles. The Kier molecular flexibility index (Phi) is 5.44. The first-order valence-electron chi connectivity index (χ1n) is 8.35. The molecule has 2 aromatic carbocycles. The van der Waals surface area contributed by atoms with Gasteiger partial charge in [-0.15, -0.1) is 11.8 Å². The summed E-state index contributed by atoms with van der Waals surface area (Å²) in [4.78, 5) is 1.22. The second-order valence-corrected chi connectivity index (χ2v) is 8.28.